The van der Waals surface area contributed by atoms with Crippen molar-refractivity contribution in [2.75, 3.05) is 6.61 Å². The van der Waals surface area contributed by atoms with Crippen molar-refractivity contribution in [1.82, 2.24) is 0 Å². The molecule has 4 bridgehead atoms. The van der Waals surface area contributed by atoms with Gasteiger partial charge in [-0.05, 0) is 67.1 Å². The van der Waals surface area contributed by atoms with Crippen LogP contribution in [0.5, 0.6) is 0 Å². The van der Waals surface area contributed by atoms with E-state index in [1.807, 2.05) is 0 Å². The first-order chi connectivity index (χ1) is 7.07. The van der Waals surface area contributed by atoms with Gasteiger partial charge in [-0.3, -0.25) is 0 Å². The fraction of sp³-hybridized carbons (Fsp3) is 1.00. The van der Waals surface area contributed by atoms with Crippen molar-refractivity contribution in [2.45, 2.75) is 52.4 Å². The summed E-state index contributed by atoms with van der Waals surface area (Å²) in [5, 5.41) is 9.73. The molecule has 0 aromatic heterocycles. The first-order valence-electron chi connectivity index (χ1n) is 6.68. The summed E-state index contributed by atoms with van der Waals surface area (Å²) in [5.41, 5.74) is 0.946. The largest absolute Gasteiger partial charge is 0.396 e. The molecule has 0 aromatic rings. The van der Waals surface area contributed by atoms with E-state index in [1.54, 1.807) is 0 Å². The zero-order valence-corrected chi connectivity index (χ0v) is 10.1. The van der Waals surface area contributed by atoms with Gasteiger partial charge >= 0.3 is 0 Å². The molecule has 15 heavy (non-hydrogen) atoms. The molecular formula is C14H24O. The summed E-state index contributed by atoms with van der Waals surface area (Å²) >= 11 is 0. The Labute approximate surface area is 93.3 Å². The Bertz CT molecular complexity index is 255. The molecule has 2 atom stereocenters. The average molecular weight is 208 g/mol. The van der Waals surface area contributed by atoms with Crippen molar-refractivity contribution in [1.29, 1.82) is 0 Å². The van der Waals surface area contributed by atoms with Crippen LogP contribution in [0.1, 0.15) is 52.4 Å². The summed E-state index contributed by atoms with van der Waals surface area (Å²) in [6.45, 7) is 5.25. The summed E-state index contributed by atoms with van der Waals surface area (Å²) in [4.78, 5) is 0. The topological polar surface area (TPSA) is 20.2 Å². The normalized spacial score (nSPS) is 52.8. The molecule has 4 rings (SSSR count). The molecule has 0 saturated heterocycles. The van der Waals surface area contributed by atoms with Crippen molar-refractivity contribution < 1.29 is 5.11 Å². The summed E-state index contributed by atoms with van der Waals surface area (Å²) in [7, 11) is 0. The Morgan fingerprint density at radius 3 is 2.20 bits per heavy atom. The fourth-order valence-corrected chi connectivity index (χ4v) is 5.39. The SMILES string of the molecule is CC(C)C12CC3CC(CC(CO)(C3)C1)C2. The van der Waals surface area contributed by atoms with Crippen LogP contribution < -0.4 is 0 Å². The molecule has 1 heteroatoms. The molecule has 0 spiro atoms. The van der Waals surface area contributed by atoms with Crippen molar-refractivity contribution in [3.05, 3.63) is 0 Å². The van der Waals surface area contributed by atoms with Gasteiger partial charge < -0.3 is 5.11 Å². The van der Waals surface area contributed by atoms with Gasteiger partial charge in [-0.25, -0.2) is 0 Å². The molecule has 86 valence electrons. The van der Waals surface area contributed by atoms with Gasteiger partial charge in [0.1, 0.15) is 0 Å². The van der Waals surface area contributed by atoms with Crippen LogP contribution in [0.2, 0.25) is 0 Å². The highest BCUT2D eigenvalue weighted by molar-refractivity contribution is 5.08. The monoisotopic (exact) mass is 208 g/mol. The van der Waals surface area contributed by atoms with E-state index in [4.69, 9.17) is 0 Å². The highest BCUT2D eigenvalue weighted by Gasteiger charge is 2.58. The summed E-state index contributed by atoms with van der Waals surface area (Å²) in [5.74, 6) is 2.70. The second kappa shape index (κ2) is 3.00. The van der Waals surface area contributed by atoms with Gasteiger partial charge in [0.15, 0.2) is 0 Å². The Hall–Kier alpha value is -0.0400. The second-order valence-electron chi connectivity index (χ2n) is 7.14. The zero-order valence-electron chi connectivity index (χ0n) is 10.1. The summed E-state index contributed by atoms with van der Waals surface area (Å²) in [6, 6.07) is 0. The maximum absolute atomic E-state index is 9.73. The van der Waals surface area contributed by atoms with Crippen LogP contribution in [0.25, 0.3) is 0 Å². The fourth-order valence-electron chi connectivity index (χ4n) is 5.39. The van der Waals surface area contributed by atoms with E-state index in [1.165, 1.54) is 38.5 Å². The predicted molar refractivity (Wildman–Crippen MR) is 61.5 cm³/mol. The van der Waals surface area contributed by atoms with Crippen molar-refractivity contribution >= 4 is 0 Å². The third-order valence-corrected chi connectivity index (χ3v) is 5.79. The van der Waals surface area contributed by atoms with E-state index in [0.717, 1.165) is 17.8 Å². The molecule has 1 N–H and O–H groups in total. The minimum atomic E-state index is 0.342. The molecule has 0 aliphatic heterocycles. The highest BCUT2D eigenvalue weighted by Crippen LogP contribution is 2.67. The molecule has 0 aromatic carbocycles. The Morgan fingerprint density at radius 2 is 1.73 bits per heavy atom. The lowest BCUT2D eigenvalue weighted by Crippen LogP contribution is -2.55. The molecule has 4 fully saturated rings. The summed E-state index contributed by atoms with van der Waals surface area (Å²) < 4.78 is 0. The van der Waals surface area contributed by atoms with E-state index < -0.39 is 0 Å². The number of aliphatic hydroxyl groups is 1. The lowest BCUT2D eigenvalue weighted by molar-refractivity contribution is -0.146. The van der Waals surface area contributed by atoms with Gasteiger partial charge in [-0.2, -0.15) is 0 Å². The second-order valence-corrected chi connectivity index (χ2v) is 7.14. The standard InChI is InChI=1S/C14H24O/c1-10(2)14-6-11-3-12(7-14)5-13(4-11,8-14)9-15/h10-12,15H,3-9H2,1-2H3. The van der Waals surface area contributed by atoms with Gasteiger partial charge in [0.25, 0.3) is 0 Å². The zero-order chi connectivity index (χ0) is 10.7. The van der Waals surface area contributed by atoms with Crippen LogP contribution in [0.3, 0.4) is 0 Å². The first-order valence-corrected chi connectivity index (χ1v) is 6.68. The molecule has 2 unspecified atom stereocenters. The number of hydrogen-bond donors (Lipinski definition) is 1. The van der Waals surface area contributed by atoms with E-state index >= 15 is 0 Å². The van der Waals surface area contributed by atoms with Crippen LogP contribution in [0, 0.1) is 28.6 Å². The minimum Gasteiger partial charge on any atom is -0.396 e. The van der Waals surface area contributed by atoms with Crippen LogP contribution in [-0.4, -0.2) is 11.7 Å². The molecule has 0 amide bonds. The lowest BCUT2D eigenvalue weighted by Gasteiger charge is -2.63. The average Bonchev–Trinajstić information content (AvgIpc) is 2.15. The Morgan fingerprint density at radius 1 is 1.13 bits per heavy atom. The van der Waals surface area contributed by atoms with E-state index in [-0.39, 0.29) is 0 Å². The van der Waals surface area contributed by atoms with Crippen LogP contribution >= 0.6 is 0 Å². The molecule has 1 nitrogen and oxygen atoms in total. The number of hydrogen-bond acceptors (Lipinski definition) is 1. The molecule has 0 radical (unpaired) electrons. The van der Waals surface area contributed by atoms with E-state index in [0.29, 0.717) is 17.4 Å². The molecule has 0 heterocycles. The Kier molecular flexibility index (Phi) is 2.03. The van der Waals surface area contributed by atoms with Crippen molar-refractivity contribution in [3.63, 3.8) is 0 Å². The van der Waals surface area contributed by atoms with Crippen LogP contribution in [0.4, 0.5) is 0 Å². The van der Waals surface area contributed by atoms with Crippen LogP contribution in [-0.2, 0) is 0 Å². The van der Waals surface area contributed by atoms with Gasteiger partial charge in [0.05, 0.1) is 0 Å². The quantitative estimate of drug-likeness (QED) is 0.738. The number of rotatable bonds is 2. The lowest BCUT2D eigenvalue weighted by atomic mass is 9.42. The number of aliphatic hydroxyl groups excluding tert-OH is 1. The van der Waals surface area contributed by atoms with E-state index in [2.05, 4.69) is 13.8 Å². The molecular weight excluding hydrogens is 184 g/mol. The Balaban J connectivity index is 1.95. The molecule has 4 aliphatic rings. The van der Waals surface area contributed by atoms with E-state index in [9.17, 15) is 5.11 Å². The predicted octanol–water partition coefficient (Wildman–Crippen LogP) is 3.22. The van der Waals surface area contributed by atoms with Gasteiger partial charge in [-0.1, -0.05) is 13.8 Å². The van der Waals surface area contributed by atoms with Gasteiger partial charge in [-0.15, -0.1) is 0 Å². The molecule has 4 saturated carbocycles. The summed E-state index contributed by atoms with van der Waals surface area (Å²) in [6.07, 6.45) is 8.37. The van der Waals surface area contributed by atoms with Gasteiger partial charge in [0, 0.05) is 6.61 Å². The molecule has 4 aliphatic carbocycles. The van der Waals surface area contributed by atoms with Crippen LogP contribution in [0.15, 0.2) is 0 Å². The van der Waals surface area contributed by atoms with Gasteiger partial charge in [0.2, 0.25) is 0 Å². The van der Waals surface area contributed by atoms with Crippen molar-refractivity contribution in [3.8, 4) is 0 Å². The third kappa shape index (κ3) is 1.32. The smallest absolute Gasteiger partial charge is 0.0487 e. The maximum Gasteiger partial charge on any atom is 0.0487 e. The first kappa shape index (κ1) is 10.1. The van der Waals surface area contributed by atoms with Crippen molar-refractivity contribution in [2.24, 2.45) is 28.6 Å². The maximum atomic E-state index is 9.73. The minimum absolute atomic E-state index is 0.342. The highest BCUT2D eigenvalue weighted by atomic mass is 16.3. The third-order valence-electron chi connectivity index (χ3n) is 5.79.